The SMILES string of the molecule is NC(C=O)c1csc2ccccc12. The third-order valence-electron chi connectivity index (χ3n) is 2.02. The van der Waals surface area contributed by atoms with Crippen molar-refractivity contribution in [2.24, 2.45) is 5.73 Å². The van der Waals surface area contributed by atoms with Gasteiger partial charge in [0, 0.05) is 4.70 Å². The summed E-state index contributed by atoms with van der Waals surface area (Å²) in [4.78, 5) is 10.5. The van der Waals surface area contributed by atoms with Crippen LogP contribution in [0.4, 0.5) is 0 Å². The van der Waals surface area contributed by atoms with Crippen LogP contribution in [0.1, 0.15) is 11.6 Å². The van der Waals surface area contributed by atoms with Crippen LogP contribution in [0, 0.1) is 0 Å². The Morgan fingerprint density at radius 1 is 1.38 bits per heavy atom. The lowest BCUT2D eigenvalue weighted by atomic mass is 10.1. The molecule has 2 nitrogen and oxygen atoms in total. The van der Waals surface area contributed by atoms with Gasteiger partial charge in [-0.2, -0.15) is 0 Å². The second kappa shape index (κ2) is 3.28. The zero-order valence-corrected chi connectivity index (χ0v) is 7.75. The molecular formula is C10H9NOS. The lowest BCUT2D eigenvalue weighted by molar-refractivity contribution is -0.108. The number of hydrogen-bond donors (Lipinski definition) is 1. The van der Waals surface area contributed by atoms with Crippen LogP contribution in [0.2, 0.25) is 0 Å². The van der Waals surface area contributed by atoms with Crippen molar-refractivity contribution in [1.82, 2.24) is 0 Å². The molecule has 1 heterocycles. The number of fused-ring (bicyclic) bond motifs is 1. The van der Waals surface area contributed by atoms with Gasteiger partial charge in [-0.3, -0.25) is 0 Å². The van der Waals surface area contributed by atoms with Gasteiger partial charge in [-0.05, 0) is 22.4 Å². The summed E-state index contributed by atoms with van der Waals surface area (Å²) in [6.07, 6.45) is 0.772. The first-order chi connectivity index (χ1) is 6.33. The highest BCUT2D eigenvalue weighted by atomic mass is 32.1. The monoisotopic (exact) mass is 191 g/mol. The largest absolute Gasteiger partial charge is 0.318 e. The van der Waals surface area contributed by atoms with E-state index in [4.69, 9.17) is 5.73 Å². The Kier molecular flexibility index (Phi) is 2.12. The third-order valence-corrected chi connectivity index (χ3v) is 3.00. The van der Waals surface area contributed by atoms with Gasteiger partial charge >= 0.3 is 0 Å². The van der Waals surface area contributed by atoms with Gasteiger partial charge in [0.15, 0.2) is 0 Å². The second-order valence-electron chi connectivity index (χ2n) is 2.85. The Morgan fingerprint density at radius 3 is 2.92 bits per heavy atom. The molecule has 0 aliphatic rings. The summed E-state index contributed by atoms with van der Waals surface area (Å²) in [7, 11) is 0. The molecule has 0 aliphatic carbocycles. The van der Waals surface area contributed by atoms with Crippen molar-refractivity contribution in [2.45, 2.75) is 6.04 Å². The van der Waals surface area contributed by atoms with E-state index >= 15 is 0 Å². The molecule has 0 radical (unpaired) electrons. The average Bonchev–Trinajstić information content (AvgIpc) is 2.60. The smallest absolute Gasteiger partial charge is 0.141 e. The van der Waals surface area contributed by atoms with E-state index in [2.05, 4.69) is 0 Å². The molecule has 0 saturated carbocycles. The van der Waals surface area contributed by atoms with Crippen LogP contribution in [-0.4, -0.2) is 6.29 Å². The highest BCUT2D eigenvalue weighted by Gasteiger charge is 2.09. The zero-order valence-electron chi connectivity index (χ0n) is 6.94. The van der Waals surface area contributed by atoms with Crippen LogP contribution in [0.25, 0.3) is 10.1 Å². The number of thiophene rings is 1. The average molecular weight is 191 g/mol. The van der Waals surface area contributed by atoms with Gasteiger partial charge in [-0.25, -0.2) is 0 Å². The van der Waals surface area contributed by atoms with E-state index in [0.29, 0.717) is 0 Å². The third kappa shape index (κ3) is 1.36. The predicted molar refractivity (Wildman–Crippen MR) is 54.8 cm³/mol. The maximum Gasteiger partial charge on any atom is 0.141 e. The van der Waals surface area contributed by atoms with Crippen molar-refractivity contribution in [2.75, 3.05) is 0 Å². The number of carbonyl (C=O) groups excluding carboxylic acids is 1. The van der Waals surface area contributed by atoms with Crippen LogP contribution in [-0.2, 0) is 4.79 Å². The first-order valence-corrected chi connectivity index (χ1v) is 4.88. The Bertz CT molecular complexity index is 435. The molecule has 0 bridgehead atoms. The number of carbonyl (C=O) groups is 1. The number of rotatable bonds is 2. The fraction of sp³-hybridized carbons (Fsp3) is 0.100. The van der Waals surface area contributed by atoms with Gasteiger partial charge in [0.25, 0.3) is 0 Å². The lowest BCUT2D eigenvalue weighted by Gasteiger charge is -2.00. The van der Waals surface area contributed by atoms with Crippen molar-refractivity contribution in [1.29, 1.82) is 0 Å². The molecule has 0 aliphatic heterocycles. The van der Waals surface area contributed by atoms with Crippen LogP contribution in [0.15, 0.2) is 29.6 Å². The zero-order chi connectivity index (χ0) is 9.26. The molecule has 1 unspecified atom stereocenters. The minimum Gasteiger partial charge on any atom is -0.318 e. The van der Waals surface area contributed by atoms with Crippen LogP contribution in [0.3, 0.4) is 0 Å². The van der Waals surface area contributed by atoms with Gasteiger partial charge in [0.2, 0.25) is 0 Å². The Labute approximate surface area is 80.0 Å². The summed E-state index contributed by atoms with van der Waals surface area (Å²) in [6.45, 7) is 0. The van der Waals surface area contributed by atoms with Crippen molar-refractivity contribution < 1.29 is 4.79 Å². The molecule has 2 rings (SSSR count). The van der Waals surface area contributed by atoms with Gasteiger partial charge in [0.05, 0.1) is 6.04 Å². The van der Waals surface area contributed by atoms with E-state index < -0.39 is 6.04 Å². The summed E-state index contributed by atoms with van der Waals surface area (Å²) in [5.74, 6) is 0. The van der Waals surface area contributed by atoms with Crippen molar-refractivity contribution in [3.8, 4) is 0 Å². The van der Waals surface area contributed by atoms with E-state index in [0.717, 1.165) is 17.2 Å². The number of benzene rings is 1. The molecule has 0 spiro atoms. The van der Waals surface area contributed by atoms with Gasteiger partial charge in [-0.15, -0.1) is 11.3 Å². The molecule has 0 amide bonds. The van der Waals surface area contributed by atoms with E-state index in [9.17, 15) is 4.79 Å². The minimum atomic E-state index is -0.490. The van der Waals surface area contributed by atoms with E-state index in [-0.39, 0.29) is 0 Å². The fourth-order valence-corrected chi connectivity index (χ4v) is 2.34. The molecule has 66 valence electrons. The molecule has 2 N–H and O–H groups in total. The van der Waals surface area contributed by atoms with Gasteiger partial charge < -0.3 is 10.5 Å². The molecule has 1 atom stereocenters. The summed E-state index contributed by atoms with van der Waals surface area (Å²) in [5, 5.41) is 3.04. The summed E-state index contributed by atoms with van der Waals surface area (Å²) in [6, 6.07) is 7.47. The highest BCUT2D eigenvalue weighted by molar-refractivity contribution is 7.17. The maximum atomic E-state index is 10.5. The Balaban J connectivity index is 2.64. The molecule has 1 aromatic carbocycles. The first-order valence-electron chi connectivity index (χ1n) is 4.00. The van der Waals surface area contributed by atoms with Crippen molar-refractivity contribution in [3.05, 3.63) is 35.2 Å². The summed E-state index contributed by atoms with van der Waals surface area (Å²) >= 11 is 1.62. The number of nitrogens with two attached hydrogens (primary N) is 1. The lowest BCUT2D eigenvalue weighted by Crippen LogP contribution is -2.10. The van der Waals surface area contributed by atoms with Crippen LogP contribution >= 0.6 is 11.3 Å². The molecule has 1 aromatic heterocycles. The molecule has 0 fully saturated rings. The maximum absolute atomic E-state index is 10.5. The molecule has 3 heteroatoms. The first kappa shape index (κ1) is 8.41. The summed E-state index contributed by atoms with van der Waals surface area (Å²) in [5.41, 5.74) is 6.57. The molecule has 2 aromatic rings. The highest BCUT2D eigenvalue weighted by Crippen LogP contribution is 2.28. The Morgan fingerprint density at radius 2 is 2.15 bits per heavy atom. The summed E-state index contributed by atoms with van der Waals surface area (Å²) < 4.78 is 1.18. The Hall–Kier alpha value is -1.19. The molecule has 0 saturated heterocycles. The number of aldehydes is 1. The fourth-order valence-electron chi connectivity index (χ4n) is 1.33. The molecular weight excluding hydrogens is 182 g/mol. The number of hydrogen-bond acceptors (Lipinski definition) is 3. The van der Waals surface area contributed by atoms with Crippen molar-refractivity contribution >= 4 is 27.7 Å². The van der Waals surface area contributed by atoms with Crippen LogP contribution in [0.5, 0.6) is 0 Å². The van der Waals surface area contributed by atoms with E-state index in [1.807, 2.05) is 29.6 Å². The van der Waals surface area contributed by atoms with E-state index in [1.54, 1.807) is 11.3 Å². The van der Waals surface area contributed by atoms with Crippen LogP contribution < -0.4 is 5.73 Å². The molecule has 13 heavy (non-hydrogen) atoms. The topological polar surface area (TPSA) is 43.1 Å². The minimum absolute atomic E-state index is 0.490. The second-order valence-corrected chi connectivity index (χ2v) is 3.76. The van der Waals surface area contributed by atoms with E-state index in [1.165, 1.54) is 4.70 Å². The van der Waals surface area contributed by atoms with Gasteiger partial charge in [-0.1, -0.05) is 18.2 Å². The van der Waals surface area contributed by atoms with Gasteiger partial charge in [0.1, 0.15) is 6.29 Å². The predicted octanol–water partition coefficient (Wildman–Crippen LogP) is 2.10. The quantitative estimate of drug-likeness (QED) is 0.739. The normalized spacial score (nSPS) is 13.0. The standard InChI is InChI=1S/C10H9NOS/c11-9(5-12)8-6-13-10-4-2-1-3-7(8)10/h1-6,9H,11H2. The van der Waals surface area contributed by atoms with Crippen molar-refractivity contribution in [3.63, 3.8) is 0 Å².